The Morgan fingerprint density at radius 2 is 0.667 bits per heavy atom. The molecule has 48 heavy (non-hydrogen) atoms. The SMILES string of the molecule is CNCC(=O)NC[C@@H]1NC(=O)[C@@H](C)NC(=O)[C@H](CNC(=O)CNC)NC(=O)[C@@H](C)NC(=O)[C@H](CNC(=O)CNC)NC(=O)[C@@H](C)NC1=O. The van der Waals surface area contributed by atoms with Gasteiger partial charge in [-0.15, -0.1) is 0 Å². The molecule has 0 radical (unpaired) electrons. The third kappa shape index (κ3) is 14.7. The number of carbonyl (C=O) groups excluding carboxylic acids is 9. The molecular weight excluding hydrogens is 636 g/mol. The highest BCUT2D eigenvalue weighted by Crippen LogP contribution is 1.97. The van der Waals surface area contributed by atoms with Crippen LogP contribution in [0.15, 0.2) is 0 Å². The summed E-state index contributed by atoms with van der Waals surface area (Å²) in [5.41, 5.74) is 0. The van der Waals surface area contributed by atoms with Crippen LogP contribution in [0.2, 0.25) is 0 Å². The fraction of sp³-hybridized carbons (Fsp3) is 0.667. The van der Waals surface area contributed by atoms with E-state index in [1.807, 2.05) is 0 Å². The first-order valence-corrected chi connectivity index (χ1v) is 15.2. The minimum Gasteiger partial charge on any atom is -0.352 e. The van der Waals surface area contributed by atoms with E-state index in [-0.39, 0.29) is 19.6 Å². The maximum absolute atomic E-state index is 13.2. The van der Waals surface area contributed by atoms with Crippen LogP contribution in [0.4, 0.5) is 0 Å². The van der Waals surface area contributed by atoms with Crippen LogP contribution < -0.4 is 63.8 Å². The molecule has 0 spiro atoms. The Labute approximate surface area is 277 Å². The van der Waals surface area contributed by atoms with Crippen LogP contribution in [0.25, 0.3) is 0 Å². The van der Waals surface area contributed by atoms with Crippen molar-refractivity contribution < 1.29 is 43.2 Å². The third-order valence-electron chi connectivity index (χ3n) is 6.68. The van der Waals surface area contributed by atoms with E-state index in [1.165, 1.54) is 41.9 Å². The van der Waals surface area contributed by atoms with Gasteiger partial charge in [0.25, 0.3) is 0 Å². The van der Waals surface area contributed by atoms with Crippen molar-refractivity contribution in [2.45, 2.75) is 57.0 Å². The Hall–Kier alpha value is -4.89. The van der Waals surface area contributed by atoms with Gasteiger partial charge in [-0.1, -0.05) is 0 Å². The number of likely N-dealkylation sites (N-methyl/N-ethyl adjacent to an activating group) is 3. The molecule has 1 rings (SSSR count). The molecule has 1 heterocycles. The summed E-state index contributed by atoms with van der Waals surface area (Å²) in [4.78, 5) is 115. The molecule has 0 unspecified atom stereocenters. The second-order valence-corrected chi connectivity index (χ2v) is 10.9. The van der Waals surface area contributed by atoms with Crippen molar-refractivity contribution in [1.29, 1.82) is 0 Å². The summed E-state index contributed by atoms with van der Waals surface area (Å²) in [6, 6.07) is -8.15. The maximum atomic E-state index is 13.2. The Morgan fingerprint density at radius 3 is 0.875 bits per heavy atom. The maximum Gasteiger partial charge on any atom is 0.245 e. The molecule has 1 saturated heterocycles. The van der Waals surface area contributed by atoms with E-state index in [1.54, 1.807) is 0 Å². The van der Waals surface area contributed by atoms with Gasteiger partial charge in [-0.2, -0.15) is 0 Å². The molecule has 1 aliphatic heterocycles. The lowest BCUT2D eigenvalue weighted by Crippen LogP contribution is -2.63. The molecule has 0 saturated carbocycles. The zero-order valence-electron chi connectivity index (χ0n) is 27.9. The summed E-state index contributed by atoms with van der Waals surface area (Å²) >= 11 is 0. The molecule has 1 aliphatic rings. The Bertz CT molecular complexity index is 1060. The van der Waals surface area contributed by atoms with E-state index in [9.17, 15) is 43.2 Å². The number of hydrogen-bond acceptors (Lipinski definition) is 12. The van der Waals surface area contributed by atoms with Crippen molar-refractivity contribution in [1.82, 2.24) is 63.8 Å². The summed E-state index contributed by atoms with van der Waals surface area (Å²) < 4.78 is 0. The predicted molar refractivity (Wildman–Crippen MR) is 169 cm³/mol. The van der Waals surface area contributed by atoms with E-state index in [4.69, 9.17) is 0 Å². The van der Waals surface area contributed by atoms with Crippen LogP contribution in [-0.4, -0.2) is 150 Å². The quantitative estimate of drug-likeness (QED) is 0.0913. The highest BCUT2D eigenvalue weighted by atomic mass is 16.2. The van der Waals surface area contributed by atoms with E-state index in [0.717, 1.165) is 0 Å². The van der Waals surface area contributed by atoms with Crippen molar-refractivity contribution in [3.05, 3.63) is 0 Å². The normalized spacial score (nSPS) is 24.6. The molecule has 270 valence electrons. The zero-order chi connectivity index (χ0) is 36.4. The largest absolute Gasteiger partial charge is 0.352 e. The molecule has 0 aromatic heterocycles. The second-order valence-electron chi connectivity index (χ2n) is 10.9. The fourth-order valence-electron chi connectivity index (χ4n) is 3.97. The number of rotatable bonds is 12. The first-order valence-electron chi connectivity index (χ1n) is 15.2. The highest BCUT2D eigenvalue weighted by molar-refractivity contribution is 5.98. The van der Waals surface area contributed by atoms with Crippen molar-refractivity contribution in [2.75, 3.05) is 60.4 Å². The summed E-state index contributed by atoms with van der Waals surface area (Å²) in [7, 11) is 4.58. The van der Waals surface area contributed by atoms with E-state index in [0.29, 0.717) is 0 Å². The molecule has 21 heteroatoms. The molecule has 1 fully saturated rings. The van der Waals surface area contributed by atoms with Crippen molar-refractivity contribution in [3.8, 4) is 0 Å². The molecule has 0 aliphatic carbocycles. The van der Waals surface area contributed by atoms with Gasteiger partial charge in [0.1, 0.15) is 36.3 Å². The lowest BCUT2D eigenvalue weighted by Gasteiger charge is -2.27. The summed E-state index contributed by atoms with van der Waals surface area (Å²) in [5, 5.41) is 29.8. The van der Waals surface area contributed by atoms with Crippen molar-refractivity contribution in [3.63, 3.8) is 0 Å². The van der Waals surface area contributed by atoms with Crippen molar-refractivity contribution in [2.24, 2.45) is 0 Å². The zero-order valence-corrected chi connectivity index (χ0v) is 27.9. The molecule has 9 amide bonds. The van der Waals surface area contributed by atoms with Gasteiger partial charge in [0, 0.05) is 19.6 Å². The van der Waals surface area contributed by atoms with Gasteiger partial charge in [0.05, 0.1) is 19.6 Å². The van der Waals surface area contributed by atoms with Crippen LogP contribution >= 0.6 is 0 Å². The van der Waals surface area contributed by atoms with Gasteiger partial charge < -0.3 is 63.8 Å². The summed E-state index contributed by atoms with van der Waals surface area (Å²) in [6.45, 7) is 2.40. The van der Waals surface area contributed by atoms with Crippen LogP contribution in [0, 0.1) is 0 Å². The molecule has 6 atom stereocenters. The first kappa shape index (κ1) is 41.1. The lowest BCUT2D eigenvalue weighted by molar-refractivity contribution is -0.136. The standard InChI is InChI=1S/C27H48N12O9/c1-13-22(43)37-17(8-32-20(41)11-29-5)26(47)35-15(3)24(45)39-18(9-33-21(42)12-30-6)27(48)36-14(2)23(44)38-16(25(46)34-13)7-31-19(40)10-28-4/h13-18,28-30H,7-12H2,1-6H3,(H,31,40)(H,32,41)(H,33,42)(H,34,46)(H,35,47)(H,36,48)(H,37,43)(H,38,44)(H,39,45)/t13-,14-,15-,16+,17+,18+/m1/s1. The Balaban J connectivity index is 3.45. The van der Waals surface area contributed by atoms with Gasteiger partial charge in [0.15, 0.2) is 0 Å². The fourth-order valence-corrected chi connectivity index (χ4v) is 3.97. The summed E-state index contributed by atoms with van der Waals surface area (Å²) in [6.07, 6.45) is 0. The molecule has 0 bridgehead atoms. The van der Waals surface area contributed by atoms with Crippen LogP contribution in [0.3, 0.4) is 0 Å². The number of carbonyl (C=O) groups is 9. The smallest absolute Gasteiger partial charge is 0.245 e. The molecule has 21 nitrogen and oxygen atoms in total. The van der Waals surface area contributed by atoms with Gasteiger partial charge in [-0.3, -0.25) is 43.2 Å². The number of hydrogen-bond donors (Lipinski definition) is 12. The molecule has 12 N–H and O–H groups in total. The lowest BCUT2D eigenvalue weighted by atomic mass is 10.1. The monoisotopic (exact) mass is 684 g/mol. The molecular formula is C27H48N12O9. The topological polar surface area (TPSA) is 298 Å². The third-order valence-corrected chi connectivity index (χ3v) is 6.68. The highest BCUT2D eigenvalue weighted by Gasteiger charge is 2.32. The van der Waals surface area contributed by atoms with Gasteiger partial charge in [-0.25, -0.2) is 0 Å². The molecule has 0 aromatic carbocycles. The second kappa shape index (κ2) is 21.1. The van der Waals surface area contributed by atoms with Crippen LogP contribution in [0.1, 0.15) is 20.8 Å². The number of nitrogens with one attached hydrogen (secondary N) is 12. The minimum atomic E-state index is -1.43. The van der Waals surface area contributed by atoms with Crippen LogP contribution in [-0.2, 0) is 43.2 Å². The van der Waals surface area contributed by atoms with E-state index in [2.05, 4.69) is 63.8 Å². The predicted octanol–water partition coefficient (Wildman–Crippen LogP) is -8.02. The Morgan fingerprint density at radius 1 is 0.438 bits per heavy atom. The molecule has 0 aromatic rings. The van der Waals surface area contributed by atoms with Crippen molar-refractivity contribution >= 4 is 53.2 Å². The average Bonchev–Trinajstić information content (AvgIpc) is 3.02. The van der Waals surface area contributed by atoms with Gasteiger partial charge >= 0.3 is 0 Å². The summed E-state index contributed by atoms with van der Waals surface area (Å²) in [5.74, 6) is -6.74. The van der Waals surface area contributed by atoms with Gasteiger partial charge in [0.2, 0.25) is 53.2 Å². The minimum absolute atomic E-state index is 0.0988. The van der Waals surface area contributed by atoms with E-state index < -0.39 is 109 Å². The number of amides is 9. The van der Waals surface area contributed by atoms with Gasteiger partial charge in [-0.05, 0) is 41.9 Å². The first-order chi connectivity index (χ1) is 22.6. The van der Waals surface area contributed by atoms with E-state index >= 15 is 0 Å². The average molecular weight is 685 g/mol. The Kier molecular flexibility index (Phi) is 18.1. The van der Waals surface area contributed by atoms with Crippen LogP contribution in [0.5, 0.6) is 0 Å².